The highest BCUT2D eigenvalue weighted by Crippen LogP contribution is 2.04. The van der Waals surface area contributed by atoms with Gasteiger partial charge in [-0.05, 0) is 0 Å². The fourth-order valence-corrected chi connectivity index (χ4v) is 2.40. The predicted molar refractivity (Wildman–Crippen MR) is 91.4 cm³/mol. The minimum absolute atomic E-state index is 0.00782. The molecule has 0 aliphatic rings. The Bertz CT molecular complexity index is 1450. The molecule has 0 atom stereocenters. The molecule has 0 amide bonds. The Morgan fingerprint density at radius 2 is 1.64 bits per heavy atom. The van der Waals surface area contributed by atoms with Gasteiger partial charge in [0.05, 0.1) is 30.4 Å². The van der Waals surface area contributed by atoms with E-state index in [1.54, 1.807) is 0 Å². The van der Waals surface area contributed by atoms with Crippen LogP contribution in [0.4, 0.5) is 0 Å². The zero-order chi connectivity index (χ0) is 19.8. The zero-order valence-electron chi connectivity index (χ0n) is 13.8. The molecule has 28 heavy (non-hydrogen) atoms. The van der Waals surface area contributed by atoms with E-state index in [4.69, 9.17) is 9.94 Å². The summed E-state index contributed by atoms with van der Waals surface area (Å²) in [5, 5.41) is 9.11. The van der Waals surface area contributed by atoms with Crippen molar-refractivity contribution in [3.8, 4) is 0 Å². The van der Waals surface area contributed by atoms with Gasteiger partial charge in [0.2, 0.25) is 5.65 Å². The smallest absolute Gasteiger partial charge is 0.363 e. The lowest BCUT2D eigenvalue weighted by Gasteiger charge is -2.09. The van der Waals surface area contributed by atoms with E-state index in [1.165, 1.54) is 12.4 Å². The van der Waals surface area contributed by atoms with Crippen molar-refractivity contribution in [2.75, 3.05) is 0 Å². The molecule has 142 valence electrons. The van der Waals surface area contributed by atoms with Gasteiger partial charge < -0.3 is 9.94 Å². The van der Waals surface area contributed by atoms with E-state index in [9.17, 15) is 19.2 Å². The van der Waals surface area contributed by atoms with Crippen LogP contribution in [0.15, 0.2) is 31.6 Å². The van der Waals surface area contributed by atoms with Gasteiger partial charge in [-0.25, -0.2) is 29.5 Å². The third-order valence-corrected chi connectivity index (χ3v) is 3.62. The van der Waals surface area contributed by atoms with Crippen LogP contribution in [0.5, 0.6) is 0 Å². The molecule has 0 fully saturated rings. The first-order valence-electron chi connectivity index (χ1n) is 7.69. The Balaban J connectivity index is 1.74. The van der Waals surface area contributed by atoms with E-state index in [-0.39, 0.29) is 40.3 Å². The molecule has 0 saturated carbocycles. The van der Waals surface area contributed by atoms with E-state index in [0.717, 1.165) is 0 Å². The van der Waals surface area contributed by atoms with E-state index < -0.39 is 29.1 Å². The van der Waals surface area contributed by atoms with Crippen molar-refractivity contribution < 1.29 is 9.94 Å². The molecule has 0 unspecified atom stereocenters. The molecular formula is C14H10N8O6. The van der Waals surface area contributed by atoms with Gasteiger partial charge in [0.25, 0.3) is 11.1 Å². The predicted octanol–water partition coefficient (Wildman–Crippen LogP) is -3.08. The average molecular weight is 386 g/mol. The summed E-state index contributed by atoms with van der Waals surface area (Å²) >= 11 is 0. The maximum absolute atomic E-state index is 12.1. The van der Waals surface area contributed by atoms with Gasteiger partial charge in [-0.1, -0.05) is 0 Å². The summed E-state index contributed by atoms with van der Waals surface area (Å²) < 4.78 is 0.702. The summed E-state index contributed by atoms with van der Waals surface area (Å²) in [6.45, 7) is -0.752. The van der Waals surface area contributed by atoms with Gasteiger partial charge in [-0.15, -0.1) is 4.73 Å². The summed E-state index contributed by atoms with van der Waals surface area (Å²) in [6.07, 6.45) is 2.43. The molecule has 4 rings (SSSR count). The Morgan fingerprint density at radius 3 is 2.43 bits per heavy atom. The highest BCUT2D eigenvalue weighted by atomic mass is 16.7. The number of fused-ring (bicyclic) bond motifs is 2. The monoisotopic (exact) mass is 386 g/mol. The van der Waals surface area contributed by atoms with Crippen molar-refractivity contribution >= 4 is 22.3 Å². The van der Waals surface area contributed by atoms with Gasteiger partial charge in [0.1, 0.15) is 0 Å². The van der Waals surface area contributed by atoms with Gasteiger partial charge in [-0.2, -0.15) is 0 Å². The standard InChI is InChI=1S/C14H10N8O6/c23-3-5-1-16-10-8(17-5)12(25)21-14(27)22(10)28-4-6-2-15-9-7(18-6)11(24)20-13(26)19-9/h1-2,23H,3-4H2,(H,21,25,27)(H2,15,19,20,24,26). The maximum Gasteiger partial charge on any atom is 0.363 e. The first kappa shape index (κ1) is 17.2. The lowest BCUT2D eigenvalue weighted by molar-refractivity contribution is 0.0922. The normalized spacial score (nSPS) is 11.2. The zero-order valence-corrected chi connectivity index (χ0v) is 13.8. The highest BCUT2D eigenvalue weighted by molar-refractivity contribution is 5.68. The number of aliphatic hydroxyl groups excluding tert-OH is 1. The molecule has 4 aromatic rings. The fraction of sp³-hybridized carbons (Fsp3) is 0.143. The van der Waals surface area contributed by atoms with Crippen LogP contribution < -0.4 is 27.3 Å². The SMILES string of the molecule is O=c1[nH]c(=O)c2nc(COn3c(=O)[nH]c(=O)c4nc(CO)cnc43)cnc2[nH]1. The number of hydrogen-bond acceptors (Lipinski definition) is 10. The molecule has 14 nitrogen and oxygen atoms in total. The van der Waals surface area contributed by atoms with E-state index in [1.807, 2.05) is 9.97 Å². The molecule has 0 bridgehead atoms. The molecule has 0 radical (unpaired) electrons. The van der Waals surface area contributed by atoms with Crippen LogP contribution in [0.2, 0.25) is 0 Å². The number of hydrogen-bond donors (Lipinski definition) is 4. The Labute approximate surface area is 151 Å². The van der Waals surface area contributed by atoms with E-state index >= 15 is 0 Å². The first-order valence-corrected chi connectivity index (χ1v) is 7.69. The first-order chi connectivity index (χ1) is 13.5. The Hall–Kier alpha value is -4.20. The molecule has 0 saturated heterocycles. The summed E-state index contributed by atoms with van der Waals surface area (Å²) in [7, 11) is 0. The third kappa shape index (κ3) is 2.92. The largest absolute Gasteiger partial charge is 0.401 e. The lowest BCUT2D eigenvalue weighted by atomic mass is 10.4. The van der Waals surface area contributed by atoms with Crippen LogP contribution in [0, 0.1) is 0 Å². The van der Waals surface area contributed by atoms with Crippen LogP contribution in [0.1, 0.15) is 11.4 Å². The topological polar surface area (TPSA) is 202 Å². The number of nitrogens with zero attached hydrogens (tertiary/aromatic N) is 5. The summed E-state index contributed by atoms with van der Waals surface area (Å²) in [5.41, 5.74) is -3.34. The number of H-pyrrole nitrogens is 3. The number of aromatic amines is 3. The van der Waals surface area contributed by atoms with Gasteiger partial charge >= 0.3 is 11.4 Å². The number of rotatable bonds is 4. The van der Waals surface area contributed by atoms with Gasteiger partial charge in [-0.3, -0.25) is 24.5 Å². The summed E-state index contributed by atoms with van der Waals surface area (Å²) in [5.74, 6) is 0. The highest BCUT2D eigenvalue weighted by Gasteiger charge is 2.13. The molecular weight excluding hydrogens is 376 g/mol. The lowest BCUT2D eigenvalue weighted by Crippen LogP contribution is -2.35. The Morgan fingerprint density at radius 1 is 0.929 bits per heavy atom. The average Bonchev–Trinajstić information content (AvgIpc) is 2.67. The second-order valence-electron chi connectivity index (χ2n) is 5.49. The van der Waals surface area contributed by atoms with Crippen molar-refractivity contribution in [1.29, 1.82) is 0 Å². The fourth-order valence-electron chi connectivity index (χ4n) is 2.40. The van der Waals surface area contributed by atoms with Crippen molar-refractivity contribution in [1.82, 2.24) is 39.6 Å². The van der Waals surface area contributed by atoms with Crippen molar-refractivity contribution in [3.05, 3.63) is 65.5 Å². The number of aromatic nitrogens is 8. The summed E-state index contributed by atoms with van der Waals surface area (Å²) in [6, 6.07) is 0. The van der Waals surface area contributed by atoms with Crippen LogP contribution in [-0.4, -0.2) is 44.7 Å². The molecule has 0 aromatic carbocycles. The van der Waals surface area contributed by atoms with Crippen molar-refractivity contribution in [2.45, 2.75) is 13.2 Å². The second-order valence-corrected chi connectivity index (χ2v) is 5.49. The molecule has 0 spiro atoms. The van der Waals surface area contributed by atoms with Gasteiger partial charge in [0, 0.05) is 0 Å². The molecule has 0 aliphatic heterocycles. The summed E-state index contributed by atoms with van der Waals surface area (Å²) in [4.78, 5) is 74.5. The van der Waals surface area contributed by atoms with Crippen LogP contribution >= 0.6 is 0 Å². The third-order valence-electron chi connectivity index (χ3n) is 3.62. The van der Waals surface area contributed by atoms with Crippen molar-refractivity contribution in [3.63, 3.8) is 0 Å². The molecule has 0 aliphatic carbocycles. The second kappa shape index (κ2) is 6.51. The molecule has 4 N–H and O–H groups in total. The van der Waals surface area contributed by atoms with E-state index in [2.05, 4.69) is 24.9 Å². The minimum Gasteiger partial charge on any atom is -0.401 e. The van der Waals surface area contributed by atoms with Gasteiger partial charge in [0.15, 0.2) is 23.3 Å². The Kier molecular flexibility index (Phi) is 4.00. The maximum atomic E-state index is 12.1. The molecule has 14 heteroatoms. The van der Waals surface area contributed by atoms with Crippen molar-refractivity contribution in [2.24, 2.45) is 0 Å². The quantitative estimate of drug-likeness (QED) is 0.278. The number of nitrogens with one attached hydrogen (secondary N) is 3. The molecule has 4 heterocycles. The van der Waals surface area contributed by atoms with Crippen LogP contribution in [-0.2, 0) is 13.2 Å². The number of aliphatic hydroxyl groups is 1. The van der Waals surface area contributed by atoms with Crippen LogP contribution in [0.25, 0.3) is 22.3 Å². The molecule has 4 aromatic heterocycles. The van der Waals surface area contributed by atoms with Crippen LogP contribution in [0.3, 0.4) is 0 Å². The van der Waals surface area contributed by atoms with E-state index in [0.29, 0.717) is 4.73 Å². The minimum atomic E-state index is -0.903.